The third-order valence-electron chi connectivity index (χ3n) is 3.76. The summed E-state index contributed by atoms with van der Waals surface area (Å²) in [6.07, 6.45) is 3.50. The Kier molecular flexibility index (Phi) is 4.57. The summed E-state index contributed by atoms with van der Waals surface area (Å²) in [5.74, 6) is 0. The Bertz CT molecular complexity index is 938. The lowest BCUT2D eigenvalue weighted by Gasteiger charge is -2.17. The topological polar surface area (TPSA) is 67.2 Å². The van der Waals surface area contributed by atoms with Crippen molar-refractivity contribution in [1.29, 1.82) is 0 Å². The molecule has 0 bridgehead atoms. The third-order valence-corrected chi connectivity index (χ3v) is 3.98. The molecule has 2 N–H and O–H groups in total. The summed E-state index contributed by atoms with van der Waals surface area (Å²) in [5.41, 5.74) is 2.92. The van der Waals surface area contributed by atoms with E-state index in [-0.39, 0.29) is 11.7 Å². The summed E-state index contributed by atoms with van der Waals surface area (Å²) in [6.45, 7) is 3.90. The number of aromatic nitrogens is 1. The molecule has 0 amide bonds. The van der Waals surface area contributed by atoms with Gasteiger partial charge in [0.2, 0.25) is 0 Å². The van der Waals surface area contributed by atoms with Gasteiger partial charge in [-0.25, -0.2) is 4.79 Å². The van der Waals surface area contributed by atoms with Crippen molar-refractivity contribution in [3.05, 3.63) is 70.3 Å². The van der Waals surface area contributed by atoms with E-state index < -0.39 is 0 Å². The van der Waals surface area contributed by atoms with Gasteiger partial charge in [0.15, 0.2) is 5.11 Å². The summed E-state index contributed by atoms with van der Waals surface area (Å²) in [6, 6.07) is 11.0. The number of thiocarbonyl (C=S) groups is 1. The Morgan fingerprint density at radius 1 is 1.21 bits per heavy atom. The van der Waals surface area contributed by atoms with Crippen LogP contribution in [-0.2, 0) is 0 Å². The number of aryl methyl sites for hydroxylation is 1. The first kappa shape index (κ1) is 16.1. The smallest absolute Gasteiger partial charge is 0.336 e. The van der Waals surface area contributed by atoms with Crippen molar-refractivity contribution in [2.24, 2.45) is 0 Å². The SMILES string of the molecule is Cc1cc(=O)oc2cc(NC(=S)NC(C)c3ccncc3)ccc12. The molecule has 0 spiro atoms. The number of hydrogen-bond acceptors (Lipinski definition) is 4. The standard InChI is InChI=1S/C18H17N3O2S/c1-11-9-17(22)23-16-10-14(3-4-15(11)16)21-18(24)20-12(2)13-5-7-19-8-6-13/h3-10,12H,1-2H3,(H2,20,21,24). The predicted octanol–water partition coefficient (Wildman–Crippen LogP) is 3.54. The first-order valence-electron chi connectivity index (χ1n) is 7.55. The van der Waals surface area contributed by atoms with Gasteiger partial charge in [-0.05, 0) is 61.5 Å². The van der Waals surface area contributed by atoms with Gasteiger partial charge in [0.1, 0.15) is 5.58 Å². The second kappa shape index (κ2) is 6.80. The van der Waals surface area contributed by atoms with Crippen molar-refractivity contribution in [2.45, 2.75) is 19.9 Å². The second-order valence-corrected chi connectivity index (χ2v) is 5.97. The van der Waals surface area contributed by atoms with Gasteiger partial charge in [-0.15, -0.1) is 0 Å². The minimum Gasteiger partial charge on any atom is -0.423 e. The maximum Gasteiger partial charge on any atom is 0.336 e. The Morgan fingerprint density at radius 3 is 2.71 bits per heavy atom. The molecule has 2 heterocycles. The zero-order valence-corrected chi connectivity index (χ0v) is 14.2. The van der Waals surface area contributed by atoms with Crippen LogP contribution in [0.3, 0.4) is 0 Å². The van der Waals surface area contributed by atoms with Crippen molar-refractivity contribution in [3.63, 3.8) is 0 Å². The minimum atomic E-state index is -0.357. The molecule has 3 rings (SSSR count). The number of nitrogens with one attached hydrogen (secondary N) is 2. The van der Waals surface area contributed by atoms with Crippen LogP contribution in [0.1, 0.15) is 24.1 Å². The summed E-state index contributed by atoms with van der Waals surface area (Å²) in [7, 11) is 0. The number of fused-ring (bicyclic) bond motifs is 1. The van der Waals surface area contributed by atoms with Gasteiger partial charge in [-0.1, -0.05) is 0 Å². The fourth-order valence-electron chi connectivity index (χ4n) is 2.50. The number of benzene rings is 1. The van der Waals surface area contributed by atoms with E-state index in [2.05, 4.69) is 15.6 Å². The highest BCUT2D eigenvalue weighted by Crippen LogP contribution is 2.21. The Morgan fingerprint density at radius 2 is 1.96 bits per heavy atom. The average molecular weight is 339 g/mol. The summed E-state index contributed by atoms with van der Waals surface area (Å²) in [4.78, 5) is 15.5. The van der Waals surface area contributed by atoms with Gasteiger partial charge in [-0.3, -0.25) is 4.98 Å². The van der Waals surface area contributed by atoms with E-state index in [0.717, 1.165) is 22.2 Å². The van der Waals surface area contributed by atoms with Gasteiger partial charge in [-0.2, -0.15) is 0 Å². The Labute approximate surface area is 144 Å². The fourth-order valence-corrected chi connectivity index (χ4v) is 2.80. The highest BCUT2D eigenvalue weighted by molar-refractivity contribution is 7.80. The van der Waals surface area contributed by atoms with Crippen LogP contribution in [-0.4, -0.2) is 10.1 Å². The normalized spacial score (nSPS) is 11.9. The molecular weight excluding hydrogens is 322 g/mol. The van der Waals surface area contributed by atoms with Crippen molar-refractivity contribution < 1.29 is 4.42 Å². The predicted molar refractivity (Wildman–Crippen MR) is 99.2 cm³/mol. The van der Waals surface area contributed by atoms with Crippen LogP contribution in [0.4, 0.5) is 5.69 Å². The molecule has 24 heavy (non-hydrogen) atoms. The van der Waals surface area contributed by atoms with Crippen LogP contribution >= 0.6 is 12.2 Å². The van der Waals surface area contributed by atoms with Gasteiger partial charge >= 0.3 is 5.63 Å². The third kappa shape index (κ3) is 3.60. The Balaban J connectivity index is 1.75. The number of pyridine rings is 1. The van der Waals surface area contributed by atoms with Gasteiger partial charge in [0.25, 0.3) is 0 Å². The zero-order chi connectivity index (χ0) is 17.1. The van der Waals surface area contributed by atoms with Crippen molar-refractivity contribution >= 4 is 34.0 Å². The maximum absolute atomic E-state index is 11.5. The molecule has 5 nitrogen and oxygen atoms in total. The molecule has 1 atom stereocenters. The number of anilines is 1. The molecule has 1 aromatic carbocycles. The molecule has 0 aliphatic carbocycles. The molecule has 0 saturated heterocycles. The maximum atomic E-state index is 11.5. The average Bonchev–Trinajstić information content (AvgIpc) is 2.55. The van der Waals surface area contributed by atoms with Crippen LogP contribution in [0.2, 0.25) is 0 Å². The quantitative estimate of drug-likeness (QED) is 0.562. The molecule has 0 fully saturated rings. The lowest BCUT2D eigenvalue weighted by Crippen LogP contribution is -2.30. The highest BCUT2D eigenvalue weighted by atomic mass is 32.1. The Hall–Kier alpha value is -2.73. The first-order chi connectivity index (χ1) is 11.5. The van der Waals surface area contributed by atoms with Crippen molar-refractivity contribution in [2.75, 3.05) is 5.32 Å². The summed E-state index contributed by atoms with van der Waals surface area (Å²) in [5, 5.41) is 7.73. The molecule has 122 valence electrons. The van der Waals surface area contributed by atoms with Crippen LogP contribution in [0.25, 0.3) is 11.0 Å². The molecule has 2 aromatic heterocycles. The molecular formula is C18H17N3O2S. The molecule has 0 saturated carbocycles. The minimum absolute atomic E-state index is 0.0497. The molecule has 3 aromatic rings. The monoisotopic (exact) mass is 339 g/mol. The zero-order valence-electron chi connectivity index (χ0n) is 13.4. The van der Waals surface area contributed by atoms with Crippen LogP contribution < -0.4 is 16.3 Å². The van der Waals surface area contributed by atoms with Crippen molar-refractivity contribution in [3.8, 4) is 0 Å². The van der Waals surface area contributed by atoms with E-state index in [1.807, 2.05) is 38.1 Å². The number of hydrogen-bond donors (Lipinski definition) is 2. The largest absolute Gasteiger partial charge is 0.423 e. The van der Waals surface area contributed by atoms with Crippen molar-refractivity contribution in [1.82, 2.24) is 10.3 Å². The lowest BCUT2D eigenvalue weighted by atomic mass is 10.1. The van der Waals surface area contributed by atoms with Crippen LogP contribution in [0, 0.1) is 6.92 Å². The first-order valence-corrected chi connectivity index (χ1v) is 7.96. The molecule has 0 aliphatic heterocycles. The van der Waals surface area contributed by atoms with E-state index in [0.29, 0.717) is 10.7 Å². The van der Waals surface area contributed by atoms with Gasteiger partial charge in [0.05, 0.1) is 6.04 Å². The van der Waals surface area contributed by atoms with Crippen LogP contribution in [0.15, 0.2) is 58.0 Å². The summed E-state index contributed by atoms with van der Waals surface area (Å²) >= 11 is 5.36. The van der Waals surface area contributed by atoms with Gasteiger partial charge in [0, 0.05) is 35.6 Å². The van der Waals surface area contributed by atoms with E-state index in [4.69, 9.17) is 16.6 Å². The second-order valence-electron chi connectivity index (χ2n) is 5.56. The highest BCUT2D eigenvalue weighted by Gasteiger charge is 2.08. The summed E-state index contributed by atoms with van der Waals surface area (Å²) < 4.78 is 5.25. The lowest BCUT2D eigenvalue weighted by molar-refractivity contribution is 0.560. The van der Waals surface area contributed by atoms with E-state index in [9.17, 15) is 4.79 Å². The molecule has 1 unspecified atom stereocenters. The number of rotatable bonds is 3. The molecule has 0 aliphatic rings. The fraction of sp³-hybridized carbons (Fsp3) is 0.167. The van der Waals surface area contributed by atoms with E-state index in [1.165, 1.54) is 6.07 Å². The number of nitrogens with zero attached hydrogens (tertiary/aromatic N) is 1. The van der Waals surface area contributed by atoms with Crippen LogP contribution in [0.5, 0.6) is 0 Å². The van der Waals surface area contributed by atoms with E-state index >= 15 is 0 Å². The van der Waals surface area contributed by atoms with Gasteiger partial charge < -0.3 is 15.1 Å². The van der Waals surface area contributed by atoms with E-state index in [1.54, 1.807) is 18.5 Å². The molecule has 6 heteroatoms. The molecule has 0 radical (unpaired) electrons.